The molecule has 7 nitrogen and oxygen atoms in total. The SMILES string of the molecule is O=C(O)CCCNC(=O)c1cccc([N+](=O)[O-])c1Cl. The molecule has 0 aliphatic carbocycles. The van der Waals surface area contributed by atoms with Crippen LogP contribution in [0.2, 0.25) is 5.02 Å². The van der Waals surface area contributed by atoms with Crippen LogP contribution in [0.4, 0.5) is 5.69 Å². The molecule has 1 rings (SSSR count). The van der Waals surface area contributed by atoms with Crippen LogP contribution in [0.3, 0.4) is 0 Å². The molecule has 0 heterocycles. The molecule has 19 heavy (non-hydrogen) atoms. The number of carbonyl (C=O) groups is 2. The van der Waals surface area contributed by atoms with E-state index in [1.807, 2.05) is 0 Å². The standard InChI is InChI=1S/C11H11ClN2O5/c12-10-7(3-1-4-8(10)14(18)19)11(17)13-6-2-5-9(15)16/h1,3-4H,2,5-6H2,(H,13,17)(H,15,16). The van der Waals surface area contributed by atoms with Crippen molar-refractivity contribution in [2.75, 3.05) is 6.54 Å². The zero-order valence-corrected chi connectivity index (χ0v) is 10.5. The number of amides is 1. The number of hydrogen-bond acceptors (Lipinski definition) is 4. The molecule has 2 N–H and O–H groups in total. The number of carboxylic acid groups (broad SMARTS) is 1. The van der Waals surface area contributed by atoms with Crippen LogP contribution in [0, 0.1) is 10.1 Å². The number of hydrogen-bond donors (Lipinski definition) is 2. The lowest BCUT2D eigenvalue weighted by Gasteiger charge is -2.06. The fraction of sp³-hybridized carbons (Fsp3) is 0.273. The van der Waals surface area contributed by atoms with Gasteiger partial charge in [-0.25, -0.2) is 0 Å². The third-order valence-electron chi connectivity index (χ3n) is 2.27. The maximum absolute atomic E-state index is 11.7. The molecule has 0 radical (unpaired) electrons. The van der Waals surface area contributed by atoms with Crippen molar-refractivity contribution in [1.82, 2.24) is 5.32 Å². The van der Waals surface area contributed by atoms with Crippen molar-refractivity contribution in [3.8, 4) is 0 Å². The van der Waals surface area contributed by atoms with Gasteiger partial charge in [-0.2, -0.15) is 0 Å². The number of aliphatic carboxylic acids is 1. The minimum atomic E-state index is -0.956. The van der Waals surface area contributed by atoms with Crippen LogP contribution in [-0.2, 0) is 4.79 Å². The molecule has 0 unspecified atom stereocenters. The molecule has 0 bridgehead atoms. The summed E-state index contributed by atoms with van der Waals surface area (Å²) in [5.41, 5.74) is -0.356. The first-order valence-electron chi connectivity index (χ1n) is 5.36. The van der Waals surface area contributed by atoms with Gasteiger partial charge >= 0.3 is 5.97 Å². The van der Waals surface area contributed by atoms with Crippen LogP contribution < -0.4 is 5.32 Å². The Labute approximate surface area is 113 Å². The lowest BCUT2D eigenvalue weighted by Crippen LogP contribution is -2.25. The summed E-state index contributed by atoms with van der Waals surface area (Å²) in [7, 11) is 0. The number of halogens is 1. The average molecular weight is 287 g/mol. The minimum absolute atomic E-state index is 0.00816. The zero-order valence-electron chi connectivity index (χ0n) is 9.76. The van der Waals surface area contributed by atoms with E-state index >= 15 is 0 Å². The summed E-state index contributed by atoms with van der Waals surface area (Å²) in [5, 5.41) is 21.3. The molecule has 102 valence electrons. The van der Waals surface area contributed by atoms with E-state index in [-0.39, 0.29) is 35.7 Å². The van der Waals surface area contributed by atoms with Crippen LogP contribution in [0.25, 0.3) is 0 Å². The number of rotatable bonds is 6. The van der Waals surface area contributed by atoms with Gasteiger partial charge in [0.2, 0.25) is 0 Å². The first-order chi connectivity index (χ1) is 8.93. The number of carbonyl (C=O) groups excluding carboxylic acids is 1. The molecule has 1 aromatic rings. The van der Waals surface area contributed by atoms with Crippen molar-refractivity contribution >= 4 is 29.2 Å². The topological polar surface area (TPSA) is 110 Å². The van der Waals surface area contributed by atoms with Gasteiger partial charge < -0.3 is 10.4 Å². The number of nitro groups is 1. The maximum atomic E-state index is 11.7. The first kappa shape index (κ1) is 14.9. The zero-order chi connectivity index (χ0) is 14.4. The van der Waals surface area contributed by atoms with Crippen molar-refractivity contribution in [2.24, 2.45) is 0 Å². The Morgan fingerprint density at radius 3 is 2.68 bits per heavy atom. The van der Waals surface area contributed by atoms with Crippen LogP contribution in [0.5, 0.6) is 0 Å². The summed E-state index contributed by atoms with van der Waals surface area (Å²) in [6, 6.07) is 3.92. The molecule has 0 spiro atoms. The predicted octanol–water partition coefficient (Wildman–Crippen LogP) is 1.84. The third kappa shape index (κ3) is 4.22. The fourth-order valence-corrected chi connectivity index (χ4v) is 1.65. The molecule has 0 aromatic heterocycles. The molecular formula is C11H11ClN2O5. The third-order valence-corrected chi connectivity index (χ3v) is 2.67. The Hall–Kier alpha value is -2.15. The van der Waals surface area contributed by atoms with E-state index in [0.717, 1.165) is 0 Å². The smallest absolute Gasteiger partial charge is 0.303 e. The van der Waals surface area contributed by atoms with Crippen molar-refractivity contribution in [1.29, 1.82) is 0 Å². The van der Waals surface area contributed by atoms with E-state index in [4.69, 9.17) is 16.7 Å². The second-order valence-corrected chi connectivity index (χ2v) is 4.03. The van der Waals surface area contributed by atoms with E-state index < -0.39 is 16.8 Å². The highest BCUT2D eigenvalue weighted by atomic mass is 35.5. The Bertz CT molecular complexity index is 518. The van der Waals surface area contributed by atoms with Gasteiger partial charge in [0.25, 0.3) is 11.6 Å². The summed E-state index contributed by atoms with van der Waals surface area (Å²) < 4.78 is 0. The summed E-state index contributed by atoms with van der Waals surface area (Å²) >= 11 is 5.77. The highest BCUT2D eigenvalue weighted by Crippen LogP contribution is 2.27. The Morgan fingerprint density at radius 1 is 1.42 bits per heavy atom. The summed E-state index contributed by atoms with van der Waals surface area (Å²) in [6.45, 7) is 0.157. The normalized spacial score (nSPS) is 9.95. The molecule has 8 heteroatoms. The number of carboxylic acids is 1. The second-order valence-electron chi connectivity index (χ2n) is 3.65. The van der Waals surface area contributed by atoms with Crippen molar-refractivity contribution in [3.63, 3.8) is 0 Å². The van der Waals surface area contributed by atoms with Crippen molar-refractivity contribution in [3.05, 3.63) is 38.9 Å². The fourth-order valence-electron chi connectivity index (χ4n) is 1.37. The largest absolute Gasteiger partial charge is 0.481 e. The lowest BCUT2D eigenvalue weighted by molar-refractivity contribution is -0.384. The molecule has 0 fully saturated rings. The maximum Gasteiger partial charge on any atom is 0.303 e. The van der Waals surface area contributed by atoms with Gasteiger partial charge in [0.15, 0.2) is 0 Å². The lowest BCUT2D eigenvalue weighted by atomic mass is 10.2. The van der Waals surface area contributed by atoms with Crippen molar-refractivity contribution < 1.29 is 19.6 Å². The Morgan fingerprint density at radius 2 is 2.11 bits per heavy atom. The van der Waals surface area contributed by atoms with Gasteiger partial charge in [0, 0.05) is 19.0 Å². The van der Waals surface area contributed by atoms with Gasteiger partial charge in [-0.1, -0.05) is 17.7 Å². The van der Waals surface area contributed by atoms with Gasteiger partial charge in [-0.3, -0.25) is 19.7 Å². The monoisotopic (exact) mass is 286 g/mol. The highest BCUT2D eigenvalue weighted by molar-refractivity contribution is 6.35. The molecule has 0 aliphatic rings. The minimum Gasteiger partial charge on any atom is -0.481 e. The number of nitrogens with one attached hydrogen (secondary N) is 1. The summed E-state index contributed by atoms with van der Waals surface area (Å²) in [6.07, 6.45) is 0.205. The summed E-state index contributed by atoms with van der Waals surface area (Å²) in [5.74, 6) is -1.53. The average Bonchev–Trinajstić information content (AvgIpc) is 2.34. The van der Waals surface area contributed by atoms with Gasteiger partial charge in [-0.15, -0.1) is 0 Å². The van der Waals surface area contributed by atoms with Gasteiger partial charge in [0.1, 0.15) is 5.02 Å². The van der Waals surface area contributed by atoms with Crippen molar-refractivity contribution in [2.45, 2.75) is 12.8 Å². The molecule has 0 saturated carbocycles. The van der Waals surface area contributed by atoms with Crippen LogP contribution >= 0.6 is 11.6 Å². The van der Waals surface area contributed by atoms with E-state index in [1.54, 1.807) is 0 Å². The van der Waals surface area contributed by atoms with Gasteiger partial charge in [-0.05, 0) is 12.5 Å². The molecular weight excluding hydrogens is 276 g/mol. The van der Waals surface area contributed by atoms with E-state index in [9.17, 15) is 19.7 Å². The number of nitro benzene ring substituents is 1. The van der Waals surface area contributed by atoms with Crippen LogP contribution in [0.15, 0.2) is 18.2 Å². The Kier molecular flexibility index (Phi) is 5.25. The van der Waals surface area contributed by atoms with Crippen LogP contribution in [-0.4, -0.2) is 28.5 Å². The highest BCUT2D eigenvalue weighted by Gasteiger charge is 2.19. The molecule has 0 saturated heterocycles. The van der Waals surface area contributed by atoms with Gasteiger partial charge in [0.05, 0.1) is 10.5 Å². The number of nitrogens with zero attached hydrogens (tertiary/aromatic N) is 1. The quantitative estimate of drug-likeness (QED) is 0.471. The van der Waals surface area contributed by atoms with E-state index in [0.29, 0.717) is 0 Å². The molecule has 0 atom stereocenters. The first-order valence-corrected chi connectivity index (χ1v) is 5.74. The molecule has 1 amide bonds. The summed E-state index contributed by atoms with van der Waals surface area (Å²) in [4.78, 5) is 32.0. The van der Waals surface area contributed by atoms with E-state index in [1.165, 1.54) is 18.2 Å². The number of benzene rings is 1. The Balaban J connectivity index is 2.70. The predicted molar refractivity (Wildman–Crippen MR) is 67.3 cm³/mol. The van der Waals surface area contributed by atoms with Crippen LogP contribution in [0.1, 0.15) is 23.2 Å². The molecule has 1 aromatic carbocycles. The molecule has 0 aliphatic heterocycles. The van der Waals surface area contributed by atoms with E-state index in [2.05, 4.69) is 5.32 Å². The second kappa shape index (κ2) is 6.69.